The molecule has 1 N–H and O–H groups in total. The molecule has 0 saturated heterocycles. The van der Waals surface area contributed by atoms with Crippen LogP contribution in [0.25, 0.3) is 0 Å². The van der Waals surface area contributed by atoms with Crippen molar-refractivity contribution in [1.29, 1.82) is 0 Å². The van der Waals surface area contributed by atoms with Crippen LogP contribution in [0.1, 0.15) is 5.56 Å². The Balaban J connectivity index is 2.01. The zero-order chi connectivity index (χ0) is 14.9. The molecule has 108 valence electrons. The second kappa shape index (κ2) is 5.31. The van der Waals surface area contributed by atoms with Crippen LogP contribution in [0.2, 0.25) is 0 Å². The Morgan fingerprint density at radius 3 is 2.33 bits per heavy atom. The van der Waals surface area contributed by atoms with Crippen molar-refractivity contribution in [1.82, 2.24) is 4.31 Å². The van der Waals surface area contributed by atoms with Crippen LogP contribution in [0.3, 0.4) is 0 Å². The van der Waals surface area contributed by atoms with Crippen LogP contribution in [0, 0.1) is 0 Å². The second-order valence-corrected chi connectivity index (χ2v) is 6.73. The van der Waals surface area contributed by atoms with E-state index in [4.69, 9.17) is 0 Å². The number of para-hydroxylation sites is 1. The molecular formula is C15H14N2O3S. The largest absolute Gasteiger partial charge is 0.325 e. The van der Waals surface area contributed by atoms with Gasteiger partial charge in [0.15, 0.2) is 0 Å². The fourth-order valence-electron chi connectivity index (χ4n) is 2.29. The standard InChI is InChI=1S/C15H14N2O3S/c18-15-11-17(10-12-6-4-5-9-14(12)16-15)21(19,20)13-7-2-1-3-8-13/h1-9H,10-11H2,(H,16,18). The van der Waals surface area contributed by atoms with Crippen molar-refractivity contribution in [3.05, 3.63) is 60.2 Å². The Morgan fingerprint density at radius 1 is 0.905 bits per heavy atom. The number of carbonyl (C=O) groups excluding carboxylic acids is 1. The van der Waals surface area contributed by atoms with Gasteiger partial charge in [-0.3, -0.25) is 4.79 Å². The first-order chi connectivity index (χ1) is 10.1. The molecule has 0 fully saturated rings. The summed E-state index contributed by atoms with van der Waals surface area (Å²) in [7, 11) is -3.69. The van der Waals surface area contributed by atoms with E-state index in [1.807, 2.05) is 12.1 Å². The number of carbonyl (C=O) groups is 1. The number of fused-ring (bicyclic) bond motifs is 1. The Hall–Kier alpha value is -2.18. The monoisotopic (exact) mass is 302 g/mol. The van der Waals surface area contributed by atoms with Gasteiger partial charge in [0, 0.05) is 12.2 Å². The molecule has 0 radical (unpaired) electrons. The molecule has 6 heteroatoms. The van der Waals surface area contributed by atoms with E-state index in [-0.39, 0.29) is 23.9 Å². The third kappa shape index (κ3) is 2.68. The lowest BCUT2D eigenvalue weighted by molar-refractivity contribution is -0.116. The number of anilines is 1. The summed E-state index contributed by atoms with van der Waals surface area (Å²) >= 11 is 0. The van der Waals surface area contributed by atoms with Gasteiger partial charge in [-0.2, -0.15) is 4.31 Å². The SMILES string of the molecule is O=C1CN(S(=O)(=O)c2ccccc2)Cc2ccccc2N1. The highest BCUT2D eigenvalue weighted by atomic mass is 32.2. The van der Waals surface area contributed by atoms with E-state index in [0.717, 1.165) is 5.56 Å². The van der Waals surface area contributed by atoms with Crippen LogP contribution in [0.15, 0.2) is 59.5 Å². The van der Waals surface area contributed by atoms with E-state index in [9.17, 15) is 13.2 Å². The first-order valence-corrected chi connectivity index (χ1v) is 7.94. The maximum atomic E-state index is 12.6. The number of nitrogens with one attached hydrogen (secondary N) is 1. The second-order valence-electron chi connectivity index (χ2n) is 4.79. The molecular weight excluding hydrogens is 288 g/mol. The number of hydrogen-bond acceptors (Lipinski definition) is 3. The fraction of sp³-hybridized carbons (Fsp3) is 0.133. The predicted octanol–water partition coefficient (Wildman–Crippen LogP) is 1.83. The van der Waals surface area contributed by atoms with E-state index in [2.05, 4.69) is 5.32 Å². The lowest BCUT2D eigenvalue weighted by atomic mass is 10.2. The topological polar surface area (TPSA) is 66.5 Å². The van der Waals surface area contributed by atoms with Gasteiger partial charge in [-0.15, -0.1) is 0 Å². The molecule has 1 aliphatic heterocycles. The van der Waals surface area contributed by atoms with Gasteiger partial charge < -0.3 is 5.32 Å². The number of benzene rings is 2. The Morgan fingerprint density at radius 2 is 1.57 bits per heavy atom. The quantitative estimate of drug-likeness (QED) is 0.920. The van der Waals surface area contributed by atoms with Crippen molar-refractivity contribution >= 4 is 21.6 Å². The first-order valence-electron chi connectivity index (χ1n) is 6.50. The summed E-state index contributed by atoms with van der Waals surface area (Å²) < 4.78 is 26.5. The van der Waals surface area contributed by atoms with Gasteiger partial charge in [-0.05, 0) is 23.8 Å². The number of rotatable bonds is 2. The van der Waals surface area contributed by atoms with Crippen LogP contribution in [-0.4, -0.2) is 25.2 Å². The summed E-state index contributed by atoms with van der Waals surface area (Å²) in [4.78, 5) is 12.1. The summed E-state index contributed by atoms with van der Waals surface area (Å²) in [5, 5.41) is 2.73. The zero-order valence-electron chi connectivity index (χ0n) is 11.2. The van der Waals surface area contributed by atoms with Gasteiger partial charge >= 0.3 is 0 Å². The molecule has 0 unspecified atom stereocenters. The molecule has 0 spiro atoms. The van der Waals surface area contributed by atoms with Gasteiger partial charge in [0.05, 0.1) is 11.4 Å². The van der Waals surface area contributed by atoms with Crippen molar-refractivity contribution in [3.63, 3.8) is 0 Å². The Labute approximate surface area is 123 Å². The van der Waals surface area contributed by atoms with Crippen molar-refractivity contribution in [3.8, 4) is 0 Å². The average Bonchev–Trinajstić information content (AvgIpc) is 2.66. The molecule has 2 aromatic rings. The minimum atomic E-state index is -3.69. The van der Waals surface area contributed by atoms with Gasteiger partial charge in [0.25, 0.3) is 0 Å². The number of nitrogens with zero attached hydrogens (tertiary/aromatic N) is 1. The number of hydrogen-bond donors (Lipinski definition) is 1. The minimum Gasteiger partial charge on any atom is -0.325 e. The highest BCUT2D eigenvalue weighted by Crippen LogP contribution is 2.24. The molecule has 1 amide bonds. The van der Waals surface area contributed by atoms with E-state index in [1.165, 1.54) is 16.4 Å². The van der Waals surface area contributed by atoms with Crippen molar-refractivity contribution in [2.45, 2.75) is 11.4 Å². The van der Waals surface area contributed by atoms with Gasteiger partial charge in [-0.25, -0.2) is 8.42 Å². The van der Waals surface area contributed by atoms with Crippen LogP contribution in [0.4, 0.5) is 5.69 Å². The molecule has 5 nitrogen and oxygen atoms in total. The minimum absolute atomic E-state index is 0.173. The molecule has 21 heavy (non-hydrogen) atoms. The normalized spacial score (nSPS) is 15.9. The van der Waals surface area contributed by atoms with Crippen molar-refractivity contribution in [2.75, 3.05) is 11.9 Å². The molecule has 0 bridgehead atoms. The van der Waals surface area contributed by atoms with Crippen LogP contribution in [0.5, 0.6) is 0 Å². The van der Waals surface area contributed by atoms with Crippen molar-refractivity contribution < 1.29 is 13.2 Å². The highest BCUT2D eigenvalue weighted by Gasteiger charge is 2.29. The maximum absolute atomic E-state index is 12.6. The third-order valence-electron chi connectivity index (χ3n) is 3.34. The first kappa shape index (κ1) is 13.8. The summed E-state index contributed by atoms with van der Waals surface area (Å²) in [5.74, 6) is -0.334. The average molecular weight is 302 g/mol. The number of amides is 1. The lowest BCUT2D eigenvalue weighted by Gasteiger charge is -2.19. The summed E-state index contributed by atoms with van der Waals surface area (Å²) in [6.07, 6.45) is 0. The smallest absolute Gasteiger partial charge is 0.243 e. The fourth-order valence-corrected chi connectivity index (χ4v) is 3.68. The van der Waals surface area contributed by atoms with E-state index in [0.29, 0.717) is 5.69 Å². The molecule has 3 rings (SSSR count). The molecule has 1 aliphatic rings. The molecule has 1 heterocycles. The molecule has 0 aromatic heterocycles. The van der Waals surface area contributed by atoms with Gasteiger partial charge in [0.1, 0.15) is 0 Å². The van der Waals surface area contributed by atoms with Crippen molar-refractivity contribution in [2.24, 2.45) is 0 Å². The molecule has 2 aromatic carbocycles. The van der Waals surface area contributed by atoms with Gasteiger partial charge in [-0.1, -0.05) is 36.4 Å². The molecule has 0 saturated carbocycles. The summed E-state index contributed by atoms with van der Waals surface area (Å²) in [6, 6.07) is 15.4. The highest BCUT2D eigenvalue weighted by molar-refractivity contribution is 7.89. The summed E-state index contributed by atoms with van der Waals surface area (Å²) in [5.41, 5.74) is 1.44. The Kier molecular flexibility index (Phi) is 3.48. The third-order valence-corrected chi connectivity index (χ3v) is 5.15. The van der Waals surface area contributed by atoms with Gasteiger partial charge in [0.2, 0.25) is 15.9 Å². The maximum Gasteiger partial charge on any atom is 0.243 e. The van der Waals surface area contributed by atoms with Crippen LogP contribution >= 0.6 is 0 Å². The number of sulfonamides is 1. The van der Waals surface area contributed by atoms with E-state index in [1.54, 1.807) is 30.3 Å². The summed E-state index contributed by atoms with van der Waals surface area (Å²) in [6.45, 7) is -0.0158. The van der Waals surface area contributed by atoms with Crippen LogP contribution in [-0.2, 0) is 21.4 Å². The van der Waals surface area contributed by atoms with E-state index >= 15 is 0 Å². The van der Waals surface area contributed by atoms with Crippen LogP contribution < -0.4 is 5.32 Å². The zero-order valence-corrected chi connectivity index (χ0v) is 12.0. The lowest BCUT2D eigenvalue weighted by Crippen LogP contribution is -2.35. The molecule has 0 aliphatic carbocycles. The predicted molar refractivity (Wildman–Crippen MR) is 79.1 cm³/mol. The van der Waals surface area contributed by atoms with E-state index < -0.39 is 10.0 Å². The Bertz CT molecular complexity index is 773. The molecule has 0 atom stereocenters.